The van der Waals surface area contributed by atoms with Gasteiger partial charge < -0.3 is 15.5 Å². The maximum absolute atomic E-state index is 12.9. The van der Waals surface area contributed by atoms with Gasteiger partial charge in [0, 0.05) is 47.8 Å². The standard InChI is InChI=1S/C20H23Cl2N5O2/c21-15-4-1-5-16(22)14(15)10-27-13-7-18(20(27)29)25(9-13)11-17(24)19(28)26-6-2-3-12(26)8-23/h1,4-5,12-13,17-18H,2-3,6-7,9-11,24H2/t12-,13?,17-,18?/m0/s1. The van der Waals surface area contributed by atoms with Gasteiger partial charge in [-0.15, -0.1) is 0 Å². The van der Waals surface area contributed by atoms with E-state index in [0.717, 1.165) is 12.0 Å². The molecule has 0 saturated carbocycles. The van der Waals surface area contributed by atoms with Crippen molar-refractivity contribution in [1.82, 2.24) is 14.7 Å². The van der Waals surface area contributed by atoms with Gasteiger partial charge in [-0.25, -0.2) is 0 Å². The normalized spacial score (nSPS) is 27.5. The van der Waals surface area contributed by atoms with Gasteiger partial charge in [-0.05, 0) is 31.4 Å². The van der Waals surface area contributed by atoms with Crippen LogP contribution in [0, 0.1) is 11.3 Å². The summed E-state index contributed by atoms with van der Waals surface area (Å²) < 4.78 is 0. The predicted molar refractivity (Wildman–Crippen MR) is 109 cm³/mol. The van der Waals surface area contributed by atoms with Crippen LogP contribution in [0.4, 0.5) is 0 Å². The van der Waals surface area contributed by atoms with Crippen LogP contribution in [0.25, 0.3) is 0 Å². The summed E-state index contributed by atoms with van der Waals surface area (Å²) in [6, 6.07) is 6.15. The lowest BCUT2D eigenvalue weighted by molar-refractivity contribution is -0.139. The summed E-state index contributed by atoms with van der Waals surface area (Å²) in [5, 5.41) is 10.3. The molecule has 2 amide bonds. The van der Waals surface area contributed by atoms with Gasteiger partial charge in [-0.3, -0.25) is 14.5 Å². The van der Waals surface area contributed by atoms with Gasteiger partial charge in [0.05, 0.1) is 18.2 Å². The number of hydrogen-bond donors (Lipinski definition) is 1. The molecule has 0 aliphatic carbocycles. The van der Waals surface area contributed by atoms with Crippen molar-refractivity contribution < 1.29 is 9.59 Å². The van der Waals surface area contributed by atoms with E-state index in [9.17, 15) is 14.9 Å². The number of likely N-dealkylation sites (tertiary alicyclic amines) is 3. The number of hydrogen-bond acceptors (Lipinski definition) is 5. The lowest BCUT2D eigenvalue weighted by Gasteiger charge is -2.35. The van der Waals surface area contributed by atoms with Crippen LogP contribution in [0.3, 0.4) is 0 Å². The number of nitrogens with zero attached hydrogens (tertiary/aromatic N) is 4. The van der Waals surface area contributed by atoms with Crippen LogP contribution in [0.5, 0.6) is 0 Å². The number of nitriles is 1. The Morgan fingerprint density at radius 1 is 1.34 bits per heavy atom. The van der Waals surface area contributed by atoms with Crippen LogP contribution < -0.4 is 5.73 Å². The predicted octanol–water partition coefficient (Wildman–Crippen LogP) is 1.62. The van der Waals surface area contributed by atoms with E-state index in [4.69, 9.17) is 28.9 Å². The van der Waals surface area contributed by atoms with Crippen molar-refractivity contribution in [3.05, 3.63) is 33.8 Å². The van der Waals surface area contributed by atoms with E-state index < -0.39 is 6.04 Å². The molecule has 29 heavy (non-hydrogen) atoms. The molecule has 2 unspecified atom stereocenters. The summed E-state index contributed by atoms with van der Waals surface area (Å²) in [6.45, 7) is 1.94. The zero-order chi connectivity index (χ0) is 20.7. The number of carbonyl (C=O) groups is 2. The molecule has 1 aromatic rings. The maximum Gasteiger partial charge on any atom is 0.241 e. The van der Waals surface area contributed by atoms with Gasteiger partial charge in [0.15, 0.2) is 0 Å². The van der Waals surface area contributed by atoms with Crippen LogP contribution >= 0.6 is 23.2 Å². The first kappa shape index (κ1) is 20.4. The highest BCUT2D eigenvalue weighted by Gasteiger charge is 2.50. The fourth-order valence-corrected chi connectivity index (χ4v) is 5.22. The van der Waals surface area contributed by atoms with Gasteiger partial charge >= 0.3 is 0 Å². The maximum atomic E-state index is 12.9. The van der Waals surface area contributed by atoms with Crippen molar-refractivity contribution in [2.75, 3.05) is 19.6 Å². The van der Waals surface area contributed by atoms with E-state index >= 15 is 0 Å². The van der Waals surface area contributed by atoms with Gasteiger partial charge in [-0.2, -0.15) is 5.26 Å². The first-order chi connectivity index (χ1) is 13.9. The van der Waals surface area contributed by atoms with E-state index in [-0.39, 0.29) is 29.9 Å². The number of fused-ring (bicyclic) bond motifs is 2. The van der Waals surface area contributed by atoms with E-state index in [1.165, 1.54) is 0 Å². The topological polar surface area (TPSA) is 93.7 Å². The van der Waals surface area contributed by atoms with Crippen molar-refractivity contribution >= 4 is 35.0 Å². The number of nitrogens with two attached hydrogens (primary N) is 1. The molecule has 2 N–H and O–H groups in total. The molecule has 2 bridgehead atoms. The number of benzene rings is 1. The second-order valence-electron chi connectivity index (χ2n) is 7.95. The summed E-state index contributed by atoms with van der Waals surface area (Å²) >= 11 is 12.5. The van der Waals surface area contributed by atoms with E-state index in [2.05, 4.69) is 6.07 Å². The molecule has 3 fully saturated rings. The minimum Gasteiger partial charge on any atom is -0.333 e. The van der Waals surface area contributed by atoms with Gasteiger partial charge in [0.1, 0.15) is 6.04 Å². The Bertz CT molecular complexity index is 853. The highest BCUT2D eigenvalue weighted by atomic mass is 35.5. The minimum absolute atomic E-state index is 0.0213. The number of amides is 2. The summed E-state index contributed by atoms with van der Waals surface area (Å²) in [5.41, 5.74) is 6.92. The molecule has 0 radical (unpaired) electrons. The highest BCUT2D eigenvalue weighted by molar-refractivity contribution is 6.36. The molecule has 1 aromatic carbocycles. The Balaban J connectivity index is 1.39. The molecule has 3 aliphatic rings. The van der Waals surface area contributed by atoms with Crippen LogP contribution in [0.15, 0.2) is 18.2 Å². The molecular formula is C20H23Cl2N5O2. The van der Waals surface area contributed by atoms with Crippen LogP contribution in [-0.4, -0.2) is 70.3 Å². The average Bonchev–Trinajstić information content (AvgIpc) is 3.39. The lowest BCUT2D eigenvalue weighted by atomic mass is 10.1. The highest BCUT2D eigenvalue weighted by Crippen LogP contribution is 2.35. The molecule has 3 aliphatic heterocycles. The molecule has 3 heterocycles. The lowest BCUT2D eigenvalue weighted by Crippen LogP contribution is -2.56. The third-order valence-electron chi connectivity index (χ3n) is 6.21. The third kappa shape index (κ3) is 3.71. The average molecular weight is 436 g/mol. The molecule has 3 saturated heterocycles. The fourth-order valence-electron chi connectivity index (χ4n) is 4.70. The molecule has 7 nitrogen and oxygen atoms in total. The zero-order valence-corrected chi connectivity index (χ0v) is 17.4. The Kier molecular flexibility index (Phi) is 5.71. The fraction of sp³-hybridized carbons (Fsp3) is 0.550. The second-order valence-corrected chi connectivity index (χ2v) is 8.77. The van der Waals surface area contributed by atoms with Crippen LogP contribution in [0.2, 0.25) is 10.0 Å². The molecule has 0 spiro atoms. The van der Waals surface area contributed by atoms with Gasteiger partial charge in [0.2, 0.25) is 11.8 Å². The van der Waals surface area contributed by atoms with Crippen molar-refractivity contribution in [3.8, 4) is 6.07 Å². The Labute approximate surface area is 179 Å². The van der Waals surface area contributed by atoms with E-state index in [0.29, 0.717) is 49.1 Å². The van der Waals surface area contributed by atoms with Crippen molar-refractivity contribution in [2.45, 2.75) is 50.0 Å². The summed E-state index contributed by atoms with van der Waals surface area (Å²) in [6.07, 6.45) is 2.23. The van der Waals surface area contributed by atoms with Crippen molar-refractivity contribution in [1.29, 1.82) is 5.26 Å². The Hall–Kier alpha value is -1.85. The minimum atomic E-state index is -0.734. The molecule has 4 rings (SSSR count). The first-order valence-corrected chi connectivity index (χ1v) is 10.6. The second kappa shape index (κ2) is 8.11. The van der Waals surface area contributed by atoms with E-state index in [1.54, 1.807) is 23.1 Å². The quantitative estimate of drug-likeness (QED) is 0.757. The Morgan fingerprint density at radius 2 is 2.07 bits per heavy atom. The van der Waals surface area contributed by atoms with E-state index in [1.807, 2.05) is 9.80 Å². The number of carbonyl (C=O) groups excluding carboxylic acids is 2. The van der Waals surface area contributed by atoms with Crippen LogP contribution in [0.1, 0.15) is 24.8 Å². The number of rotatable bonds is 5. The van der Waals surface area contributed by atoms with Gasteiger partial charge in [-0.1, -0.05) is 29.3 Å². The number of piperazine rings is 1. The Morgan fingerprint density at radius 3 is 2.72 bits per heavy atom. The summed E-state index contributed by atoms with van der Waals surface area (Å²) in [5.74, 6) is -0.183. The smallest absolute Gasteiger partial charge is 0.241 e. The largest absolute Gasteiger partial charge is 0.333 e. The monoisotopic (exact) mass is 435 g/mol. The molecule has 154 valence electrons. The third-order valence-corrected chi connectivity index (χ3v) is 6.92. The van der Waals surface area contributed by atoms with Gasteiger partial charge in [0.25, 0.3) is 0 Å². The SMILES string of the molecule is N#C[C@@H]1CCCN1C(=O)[C@@H](N)CN1CC2CC1C(=O)N2Cc1c(Cl)cccc1Cl. The zero-order valence-electron chi connectivity index (χ0n) is 15.9. The molecule has 4 atom stereocenters. The van der Waals surface area contributed by atoms with Crippen LogP contribution in [-0.2, 0) is 16.1 Å². The summed E-state index contributed by atoms with van der Waals surface area (Å²) in [4.78, 5) is 31.0. The van der Waals surface area contributed by atoms with Crippen molar-refractivity contribution in [2.24, 2.45) is 5.73 Å². The summed E-state index contributed by atoms with van der Waals surface area (Å²) in [7, 11) is 0. The number of halogens is 2. The molecular weight excluding hydrogens is 413 g/mol. The molecule has 0 aromatic heterocycles. The molecule has 9 heteroatoms. The van der Waals surface area contributed by atoms with Crippen molar-refractivity contribution in [3.63, 3.8) is 0 Å². The first-order valence-electron chi connectivity index (χ1n) is 9.83.